The molecule has 1 unspecified atom stereocenters. The van der Waals surface area contributed by atoms with E-state index in [-0.39, 0.29) is 18.7 Å². The van der Waals surface area contributed by atoms with E-state index in [1.807, 2.05) is 39.0 Å². The smallest absolute Gasteiger partial charge is 0.338 e. The Morgan fingerprint density at radius 1 is 1.00 bits per heavy atom. The van der Waals surface area contributed by atoms with Gasteiger partial charge in [-0.1, -0.05) is 37.3 Å². The van der Waals surface area contributed by atoms with Crippen molar-refractivity contribution in [2.75, 3.05) is 23.8 Å². The van der Waals surface area contributed by atoms with E-state index in [0.29, 0.717) is 29.1 Å². The molecule has 3 rings (SSSR count). The molecule has 2 aromatic rings. The van der Waals surface area contributed by atoms with Gasteiger partial charge < -0.3 is 20.7 Å². The molecule has 8 heteroatoms. The molecule has 34 heavy (non-hydrogen) atoms. The van der Waals surface area contributed by atoms with Crippen molar-refractivity contribution in [2.45, 2.75) is 47.1 Å². The van der Waals surface area contributed by atoms with E-state index in [2.05, 4.69) is 16.0 Å². The van der Waals surface area contributed by atoms with Gasteiger partial charge in [-0.25, -0.2) is 14.4 Å². The number of hydrogen-bond acceptors (Lipinski definition) is 4. The van der Waals surface area contributed by atoms with E-state index >= 15 is 0 Å². The average Bonchev–Trinajstić information content (AvgIpc) is 2.79. The second-order valence-corrected chi connectivity index (χ2v) is 8.22. The van der Waals surface area contributed by atoms with E-state index in [1.165, 1.54) is 0 Å². The first-order chi connectivity index (χ1) is 16.3. The van der Waals surface area contributed by atoms with Crippen molar-refractivity contribution < 1.29 is 19.1 Å². The first kappa shape index (κ1) is 24.8. The highest BCUT2D eigenvalue weighted by atomic mass is 16.5. The second-order valence-electron chi connectivity index (χ2n) is 8.22. The lowest BCUT2D eigenvalue weighted by atomic mass is 9.94. The quantitative estimate of drug-likeness (QED) is 0.487. The topological polar surface area (TPSA) is 99.8 Å². The highest BCUT2D eigenvalue weighted by Crippen LogP contribution is 2.32. The Labute approximate surface area is 200 Å². The third-order valence-corrected chi connectivity index (χ3v) is 5.76. The predicted molar refractivity (Wildman–Crippen MR) is 133 cm³/mol. The van der Waals surface area contributed by atoms with Gasteiger partial charge in [0.25, 0.3) is 0 Å². The van der Waals surface area contributed by atoms with Crippen LogP contribution in [0.15, 0.2) is 53.7 Å². The first-order valence-electron chi connectivity index (χ1n) is 11.5. The van der Waals surface area contributed by atoms with Crippen molar-refractivity contribution in [3.63, 3.8) is 0 Å². The Kier molecular flexibility index (Phi) is 7.94. The summed E-state index contributed by atoms with van der Waals surface area (Å²) in [7, 11) is 0. The maximum absolute atomic E-state index is 12.8. The first-order valence-corrected chi connectivity index (χ1v) is 11.5. The molecule has 0 fully saturated rings. The number of carbonyl (C=O) groups is 3. The maximum Gasteiger partial charge on any atom is 0.338 e. The third kappa shape index (κ3) is 5.39. The van der Waals surface area contributed by atoms with Gasteiger partial charge in [-0.15, -0.1) is 0 Å². The molecule has 1 aliphatic heterocycles. The van der Waals surface area contributed by atoms with Gasteiger partial charge in [-0.3, -0.25) is 4.90 Å². The van der Waals surface area contributed by atoms with Crippen LogP contribution in [-0.2, 0) is 9.53 Å². The largest absolute Gasteiger partial charge is 0.463 e. The molecule has 0 aliphatic carbocycles. The van der Waals surface area contributed by atoms with Crippen LogP contribution >= 0.6 is 0 Å². The maximum atomic E-state index is 12.8. The fraction of sp³-hybridized carbons (Fsp3) is 0.346. The van der Waals surface area contributed by atoms with E-state index in [1.54, 1.807) is 43.0 Å². The third-order valence-electron chi connectivity index (χ3n) is 5.76. The van der Waals surface area contributed by atoms with Crippen LogP contribution in [-0.4, -0.2) is 36.1 Å². The molecule has 0 saturated carbocycles. The predicted octanol–water partition coefficient (Wildman–Crippen LogP) is 5.26. The monoisotopic (exact) mass is 464 g/mol. The molecule has 1 heterocycles. The molecule has 180 valence electrons. The lowest BCUT2D eigenvalue weighted by Crippen LogP contribution is -2.48. The number of urea groups is 2. The lowest BCUT2D eigenvalue weighted by Gasteiger charge is -2.35. The fourth-order valence-electron chi connectivity index (χ4n) is 4.04. The Balaban J connectivity index is 1.81. The van der Waals surface area contributed by atoms with Crippen LogP contribution in [0.4, 0.5) is 21.0 Å². The molecule has 8 nitrogen and oxygen atoms in total. The fourth-order valence-corrected chi connectivity index (χ4v) is 4.04. The van der Waals surface area contributed by atoms with Gasteiger partial charge in [0.15, 0.2) is 0 Å². The van der Waals surface area contributed by atoms with Gasteiger partial charge in [0.05, 0.1) is 18.2 Å². The van der Waals surface area contributed by atoms with E-state index in [4.69, 9.17) is 4.74 Å². The number of nitrogens with one attached hydrogen (secondary N) is 3. The molecule has 0 saturated heterocycles. The highest BCUT2D eigenvalue weighted by molar-refractivity contribution is 6.00. The molecule has 1 aliphatic rings. The summed E-state index contributed by atoms with van der Waals surface area (Å²) < 4.78 is 5.28. The van der Waals surface area contributed by atoms with Crippen LogP contribution in [0.25, 0.3) is 0 Å². The second kappa shape index (κ2) is 10.9. The summed E-state index contributed by atoms with van der Waals surface area (Å²) in [6.07, 6.45) is 0.760. The number of hydrogen-bond donors (Lipinski definition) is 3. The number of anilines is 2. The molecule has 2 aromatic carbocycles. The molecule has 4 amide bonds. The normalized spacial score (nSPS) is 15.6. The van der Waals surface area contributed by atoms with Crippen molar-refractivity contribution in [2.24, 2.45) is 0 Å². The zero-order valence-electron chi connectivity index (χ0n) is 20.3. The SMILES string of the molecule is CCCN1C(=O)NC(c2ccc(NC(=O)Nc3c(C)cccc3C)cc2)C(C(=O)OCC)=C1C. The molecule has 1 atom stereocenters. The summed E-state index contributed by atoms with van der Waals surface area (Å²) in [5, 5.41) is 8.63. The van der Waals surface area contributed by atoms with E-state index < -0.39 is 12.0 Å². The summed E-state index contributed by atoms with van der Waals surface area (Å²) in [5.74, 6) is -0.457. The number of benzene rings is 2. The number of aryl methyl sites for hydroxylation is 2. The minimum Gasteiger partial charge on any atom is -0.463 e. The Morgan fingerprint density at radius 2 is 1.65 bits per heavy atom. The number of allylic oxidation sites excluding steroid dienone is 1. The van der Waals surface area contributed by atoms with Crippen molar-refractivity contribution in [1.29, 1.82) is 0 Å². The lowest BCUT2D eigenvalue weighted by molar-refractivity contribution is -0.139. The van der Waals surface area contributed by atoms with Crippen molar-refractivity contribution in [3.05, 3.63) is 70.4 Å². The Morgan fingerprint density at radius 3 is 2.24 bits per heavy atom. The summed E-state index contributed by atoms with van der Waals surface area (Å²) in [6, 6.07) is 11.6. The number of ether oxygens (including phenoxy) is 1. The van der Waals surface area contributed by atoms with Crippen LogP contribution in [0, 0.1) is 13.8 Å². The molecule has 3 N–H and O–H groups in total. The minimum atomic E-state index is -0.642. The number of nitrogens with zero attached hydrogens (tertiary/aromatic N) is 1. The minimum absolute atomic E-state index is 0.238. The molecule has 0 spiro atoms. The average molecular weight is 465 g/mol. The number of rotatable bonds is 7. The van der Waals surface area contributed by atoms with Crippen LogP contribution in [0.5, 0.6) is 0 Å². The molecule has 0 bridgehead atoms. The van der Waals surface area contributed by atoms with Crippen molar-refractivity contribution in [1.82, 2.24) is 10.2 Å². The van der Waals surface area contributed by atoms with Gasteiger partial charge >= 0.3 is 18.0 Å². The van der Waals surface area contributed by atoms with Crippen LogP contribution < -0.4 is 16.0 Å². The Hall–Kier alpha value is -3.81. The van der Waals surface area contributed by atoms with Crippen LogP contribution in [0.1, 0.15) is 49.9 Å². The van der Waals surface area contributed by atoms with Crippen molar-refractivity contribution >= 4 is 29.4 Å². The van der Waals surface area contributed by atoms with Crippen molar-refractivity contribution in [3.8, 4) is 0 Å². The van der Waals surface area contributed by atoms with E-state index in [0.717, 1.165) is 23.2 Å². The van der Waals surface area contributed by atoms with Gasteiger partial charge in [0, 0.05) is 23.6 Å². The van der Waals surface area contributed by atoms with E-state index in [9.17, 15) is 14.4 Å². The number of para-hydroxylation sites is 1. The molecule has 0 aromatic heterocycles. The van der Waals surface area contributed by atoms with Gasteiger partial charge in [-0.05, 0) is 62.9 Å². The molecular weight excluding hydrogens is 432 g/mol. The number of amides is 4. The van der Waals surface area contributed by atoms with Gasteiger partial charge in [-0.2, -0.15) is 0 Å². The van der Waals surface area contributed by atoms with Gasteiger partial charge in [0.2, 0.25) is 0 Å². The Bertz CT molecular complexity index is 1090. The number of esters is 1. The summed E-state index contributed by atoms with van der Waals surface area (Å²) >= 11 is 0. The summed E-state index contributed by atoms with van der Waals surface area (Å²) in [6.45, 7) is 10.1. The summed E-state index contributed by atoms with van der Waals surface area (Å²) in [5.41, 5.74) is 5.02. The standard InChI is InChI=1S/C26H32N4O4/c1-6-15-30-18(5)21(24(31)34-7-2)23(29-26(30)33)19-11-13-20(14-12-19)27-25(32)28-22-16(3)9-8-10-17(22)4/h8-14,23H,6-7,15H2,1-5H3,(H,29,33)(H2,27,28,32). The molecular formula is C26H32N4O4. The summed E-state index contributed by atoms with van der Waals surface area (Å²) in [4.78, 5) is 39.6. The van der Waals surface area contributed by atoms with Crippen LogP contribution in [0.3, 0.4) is 0 Å². The molecule has 0 radical (unpaired) electrons. The van der Waals surface area contributed by atoms with Gasteiger partial charge in [0.1, 0.15) is 0 Å². The highest BCUT2D eigenvalue weighted by Gasteiger charge is 2.36. The zero-order valence-corrected chi connectivity index (χ0v) is 20.3. The zero-order chi connectivity index (χ0) is 24.8. The number of carbonyl (C=O) groups excluding carboxylic acids is 3. The van der Waals surface area contributed by atoms with Crippen LogP contribution in [0.2, 0.25) is 0 Å².